The van der Waals surface area contributed by atoms with Crippen LogP contribution in [0.15, 0.2) is 97.1 Å². The van der Waals surface area contributed by atoms with E-state index in [1.54, 1.807) is 0 Å². The number of hydrogen-bond donors (Lipinski definition) is 0. The summed E-state index contributed by atoms with van der Waals surface area (Å²) in [7, 11) is 0. The molecule has 0 saturated carbocycles. The number of aryl methyl sites for hydroxylation is 1. The predicted octanol–water partition coefficient (Wildman–Crippen LogP) is 8.40. The maximum Gasteiger partial charge on any atom is 0.252 e. The molecule has 0 amide bonds. The molecule has 45 heavy (non-hydrogen) atoms. The van der Waals surface area contributed by atoms with E-state index in [4.69, 9.17) is 9.47 Å². The molecule has 0 unspecified atom stereocenters. The number of hydrogen-bond acceptors (Lipinski definition) is 4. The van der Waals surface area contributed by atoms with Crippen LogP contribution in [-0.2, 0) is 10.8 Å². The Kier molecular flexibility index (Phi) is 6.00. The minimum absolute atomic E-state index is 0.00700. The Labute approximate surface area is 267 Å². The van der Waals surface area contributed by atoms with Gasteiger partial charge in [0, 0.05) is 40.2 Å². The van der Waals surface area contributed by atoms with E-state index in [0.717, 1.165) is 22.9 Å². The van der Waals surface area contributed by atoms with Gasteiger partial charge in [0.1, 0.15) is 0 Å². The number of nitrogens with zero attached hydrogens (tertiary/aromatic N) is 2. The molecule has 224 valence electrons. The highest BCUT2D eigenvalue weighted by atomic mass is 16.7. The highest BCUT2D eigenvalue weighted by Crippen LogP contribution is 2.47. The van der Waals surface area contributed by atoms with Crippen molar-refractivity contribution < 1.29 is 9.47 Å². The van der Waals surface area contributed by atoms with Crippen LogP contribution < -0.4 is 35.7 Å². The van der Waals surface area contributed by atoms with Crippen LogP contribution in [-0.4, -0.2) is 13.5 Å². The van der Waals surface area contributed by atoms with E-state index in [-0.39, 0.29) is 24.3 Å². The number of rotatable bonds is 2. The van der Waals surface area contributed by atoms with E-state index in [1.165, 1.54) is 55.8 Å². The van der Waals surface area contributed by atoms with Crippen LogP contribution in [0.1, 0.15) is 58.2 Å². The maximum absolute atomic E-state index is 6.00. The molecule has 3 aliphatic heterocycles. The molecule has 5 aromatic rings. The number of ether oxygens (including phenoxy) is 2. The summed E-state index contributed by atoms with van der Waals surface area (Å²) in [5, 5.41) is 0. The Hall–Kier alpha value is -4.64. The van der Waals surface area contributed by atoms with Crippen LogP contribution in [0.5, 0.6) is 11.5 Å². The molecule has 0 fully saturated rings. The molecule has 3 heterocycles. The molecule has 4 nitrogen and oxygen atoms in total. The lowest BCUT2D eigenvalue weighted by Gasteiger charge is -2.44. The number of benzene rings is 5. The Morgan fingerprint density at radius 2 is 1.11 bits per heavy atom. The summed E-state index contributed by atoms with van der Waals surface area (Å²) in [5.41, 5.74) is 14.9. The minimum Gasteiger partial charge on any atom is -0.454 e. The van der Waals surface area contributed by atoms with E-state index in [9.17, 15) is 0 Å². The average molecular weight is 591 g/mol. The van der Waals surface area contributed by atoms with Gasteiger partial charge in [0.2, 0.25) is 6.79 Å². The molecule has 0 aliphatic carbocycles. The summed E-state index contributed by atoms with van der Waals surface area (Å²) in [6.07, 6.45) is 0. The first-order chi connectivity index (χ1) is 21.5. The third-order valence-corrected chi connectivity index (χ3v) is 9.58. The Bertz CT molecular complexity index is 1970. The summed E-state index contributed by atoms with van der Waals surface area (Å²) in [4.78, 5) is 4.90. The van der Waals surface area contributed by atoms with Crippen molar-refractivity contribution in [1.82, 2.24) is 0 Å². The summed E-state index contributed by atoms with van der Waals surface area (Å²) < 4.78 is 11.9. The lowest BCUT2D eigenvalue weighted by atomic mass is 9.33. The second-order valence-corrected chi connectivity index (χ2v) is 14.7. The molecule has 5 aromatic carbocycles. The topological polar surface area (TPSA) is 24.9 Å². The molecule has 0 N–H and O–H groups in total. The SMILES string of the molecule is Cc1cc2c3c(c1)N(c1ccccc1)c1cc4c(cc1B3c1cc(C(C)(C)C)ccc1N2c1ccc(C(C)(C)C)cc1)OCO4. The largest absolute Gasteiger partial charge is 0.454 e. The third kappa shape index (κ3) is 4.35. The zero-order valence-electron chi connectivity index (χ0n) is 27.2. The van der Waals surface area contributed by atoms with Gasteiger partial charge in [-0.1, -0.05) is 84.0 Å². The molecule has 0 radical (unpaired) electrons. The van der Waals surface area contributed by atoms with E-state index in [1.807, 2.05) is 0 Å². The van der Waals surface area contributed by atoms with Gasteiger partial charge in [0.15, 0.2) is 11.5 Å². The molecule has 0 bridgehead atoms. The average Bonchev–Trinajstić information content (AvgIpc) is 3.47. The van der Waals surface area contributed by atoms with Crippen molar-refractivity contribution in [2.24, 2.45) is 0 Å². The van der Waals surface area contributed by atoms with Gasteiger partial charge < -0.3 is 19.3 Å². The number of anilines is 6. The van der Waals surface area contributed by atoms with Gasteiger partial charge in [-0.15, -0.1) is 0 Å². The third-order valence-electron chi connectivity index (χ3n) is 9.58. The summed E-state index contributed by atoms with van der Waals surface area (Å²) in [6.45, 7) is 16.2. The smallest absolute Gasteiger partial charge is 0.252 e. The standard InChI is InChI=1S/C40H39BN2O2/c1-25-19-34-38-35(20-25)43(28-11-9-8-10-12-28)33-23-37-36(44-24-45-37)22-31(33)41(38)30-21-27(40(5,6)7)15-18-32(30)42(34)29-16-13-26(14-17-29)39(2,3)4/h8-23H,24H2,1-7H3. The Morgan fingerprint density at radius 1 is 0.556 bits per heavy atom. The van der Waals surface area contributed by atoms with Crippen molar-refractivity contribution in [3.8, 4) is 11.5 Å². The Morgan fingerprint density at radius 3 is 1.76 bits per heavy atom. The van der Waals surface area contributed by atoms with Gasteiger partial charge in [0.05, 0.1) is 0 Å². The molecule has 0 saturated heterocycles. The summed E-state index contributed by atoms with van der Waals surface area (Å²) in [5.74, 6) is 1.61. The lowest BCUT2D eigenvalue weighted by molar-refractivity contribution is 0.174. The maximum atomic E-state index is 6.00. The predicted molar refractivity (Wildman–Crippen MR) is 189 cm³/mol. The molecule has 3 aliphatic rings. The van der Waals surface area contributed by atoms with Crippen LogP contribution in [0, 0.1) is 6.92 Å². The molecule has 8 rings (SSSR count). The normalized spacial score (nSPS) is 14.7. The van der Waals surface area contributed by atoms with E-state index in [0.29, 0.717) is 0 Å². The fourth-order valence-corrected chi connectivity index (χ4v) is 7.24. The molecular weight excluding hydrogens is 551 g/mol. The zero-order valence-corrected chi connectivity index (χ0v) is 27.2. The van der Waals surface area contributed by atoms with Gasteiger partial charge in [-0.2, -0.15) is 0 Å². The van der Waals surface area contributed by atoms with E-state index in [2.05, 4.69) is 155 Å². The van der Waals surface area contributed by atoms with Gasteiger partial charge in [-0.25, -0.2) is 0 Å². The van der Waals surface area contributed by atoms with Crippen LogP contribution in [0.3, 0.4) is 0 Å². The van der Waals surface area contributed by atoms with Crippen LogP contribution in [0.25, 0.3) is 0 Å². The number of fused-ring (bicyclic) bond motifs is 5. The van der Waals surface area contributed by atoms with Crippen molar-refractivity contribution in [2.45, 2.75) is 59.3 Å². The van der Waals surface area contributed by atoms with Gasteiger partial charge in [0.25, 0.3) is 6.71 Å². The number of para-hydroxylation sites is 1. The van der Waals surface area contributed by atoms with Gasteiger partial charge >= 0.3 is 0 Å². The first kappa shape index (κ1) is 27.9. The second kappa shape index (κ2) is 9.68. The fraction of sp³-hybridized carbons (Fsp3) is 0.250. The van der Waals surface area contributed by atoms with Crippen LogP contribution in [0.4, 0.5) is 34.1 Å². The van der Waals surface area contributed by atoms with Crippen molar-refractivity contribution in [3.05, 3.63) is 114 Å². The van der Waals surface area contributed by atoms with Gasteiger partial charge in [-0.3, -0.25) is 0 Å². The summed E-state index contributed by atoms with van der Waals surface area (Å²) in [6, 6.07) is 36.1. The first-order valence-corrected chi connectivity index (χ1v) is 16.0. The van der Waals surface area contributed by atoms with E-state index >= 15 is 0 Å². The highest BCUT2D eigenvalue weighted by molar-refractivity contribution is 7.00. The molecule has 0 atom stereocenters. The van der Waals surface area contributed by atoms with Gasteiger partial charge in [-0.05, 0) is 99.4 Å². The minimum atomic E-state index is 0.00700. The van der Waals surface area contributed by atoms with Crippen molar-refractivity contribution >= 4 is 57.2 Å². The van der Waals surface area contributed by atoms with Crippen molar-refractivity contribution in [3.63, 3.8) is 0 Å². The molecule has 0 aromatic heterocycles. The quantitative estimate of drug-likeness (QED) is 0.189. The van der Waals surface area contributed by atoms with Crippen LogP contribution in [0.2, 0.25) is 0 Å². The second-order valence-electron chi connectivity index (χ2n) is 14.7. The summed E-state index contributed by atoms with van der Waals surface area (Å²) >= 11 is 0. The van der Waals surface area contributed by atoms with Crippen LogP contribution >= 0.6 is 0 Å². The highest BCUT2D eigenvalue weighted by Gasteiger charge is 2.44. The molecule has 0 spiro atoms. The zero-order chi connectivity index (χ0) is 31.2. The Balaban J connectivity index is 1.46. The fourth-order valence-electron chi connectivity index (χ4n) is 7.24. The van der Waals surface area contributed by atoms with Crippen molar-refractivity contribution in [1.29, 1.82) is 0 Å². The first-order valence-electron chi connectivity index (χ1n) is 16.0. The lowest BCUT2D eigenvalue weighted by Crippen LogP contribution is -2.61. The molecular formula is C40H39BN2O2. The monoisotopic (exact) mass is 590 g/mol. The molecule has 5 heteroatoms. The van der Waals surface area contributed by atoms with E-state index < -0.39 is 0 Å². The van der Waals surface area contributed by atoms with Crippen molar-refractivity contribution in [2.75, 3.05) is 16.6 Å².